The molecule has 0 aliphatic carbocycles. The summed E-state index contributed by atoms with van der Waals surface area (Å²) in [4.78, 5) is 41.6. The van der Waals surface area contributed by atoms with Gasteiger partial charge in [0.1, 0.15) is 6.04 Å². The van der Waals surface area contributed by atoms with Crippen molar-refractivity contribution in [2.45, 2.75) is 12.5 Å². The summed E-state index contributed by atoms with van der Waals surface area (Å²) in [6.45, 7) is 1.67. The zero-order chi connectivity index (χ0) is 16.4. The third-order valence-electron chi connectivity index (χ3n) is 4.16. The topological polar surface area (TPSA) is 83.3 Å². The fourth-order valence-corrected chi connectivity index (χ4v) is 2.98. The molecule has 8 nitrogen and oxygen atoms in total. The van der Waals surface area contributed by atoms with Crippen LogP contribution < -0.4 is 0 Å². The summed E-state index contributed by atoms with van der Waals surface area (Å²) in [6.07, 6.45) is 2.06. The summed E-state index contributed by atoms with van der Waals surface area (Å²) in [5.41, 5.74) is 0. The number of urea groups is 1. The van der Waals surface area contributed by atoms with Gasteiger partial charge in [-0.25, -0.2) is 4.79 Å². The van der Waals surface area contributed by atoms with Crippen LogP contribution >= 0.6 is 0 Å². The number of methoxy groups -OCH3 is 1. The Morgan fingerprint density at radius 2 is 2.22 bits per heavy atom. The highest BCUT2D eigenvalue weighted by atomic mass is 16.5. The third-order valence-corrected chi connectivity index (χ3v) is 4.16. The van der Waals surface area contributed by atoms with Gasteiger partial charge in [-0.05, 0) is 18.6 Å². The van der Waals surface area contributed by atoms with Crippen LogP contribution in [0.4, 0.5) is 4.79 Å². The Hall–Kier alpha value is -2.35. The SMILES string of the molecule is COCCN1C(=O)C2CN(C(=O)c3ccco3)CCCN2C1=O. The second kappa shape index (κ2) is 6.41. The summed E-state index contributed by atoms with van der Waals surface area (Å²) in [7, 11) is 1.52. The lowest BCUT2D eigenvalue weighted by atomic mass is 10.2. The largest absolute Gasteiger partial charge is 0.459 e. The fraction of sp³-hybridized carbons (Fsp3) is 0.533. The molecule has 0 spiro atoms. The number of hydrogen-bond acceptors (Lipinski definition) is 5. The number of carbonyl (C=O) groups is 3. The van der Waals surface area contributed by atoms with Crippen molar-refractivity contribution in [2.24, 2.45) is 0 Å². The molecule has 1 unspecified atom stereocenters. The summed E-state index contributed by atoms with van der Waals surface area (Å²) in [5, 5.41) is 0. The second-order valence-electron chi connectivity index (χ2n) is 5.56. The smallest absolute Gasteiger partial charge is 0.327 e. The standard InChI is InChI=1S/C15H19N3O5/c1-22-9-7-18-13(19)11-10-16(5-3-6-17(11)15(18)21)14(20)12-4-2-8-23-12/h2,4,8,11H,3,5-7,9-10H2,1H3. The Bertz CT molecular complexity index is 600. The minimum Gasteiger partial charge on any atom is -0.459 e. The van der Waals surface area contributed by atoms with Gasteiger partial charge in [0, 0.05) is 20.2 Å². The monoisotopic (exact) mass is 321 g/mol. The maximum Gasteiger partial charge on any atom is 0.327 e. The van der Waals surface area contributed by atoms with E-state index in [9.17, 15) is 14.4 Å². The zero-order valence-electron chi connectivity index (χ0n) is 12.9. The van der Waals surface area contributed by atoms with Crippen LogP contribution in [0.15, 0.2) is 22.8 Å². The molecular formula is C15H19N3O5. The molecule has 0 radical (unpaired) electrons. The van der Waals surface area contributed by atoms with Crippen LogP contribution in [0.25, 0.3) is 0 Å². The van der Waals surface area contributed by atoms with Gasteiger partial charge in [-0.3, -0.25) is 14.5 Å². The molecule has 3 heterocycles. The first-order chi connectivity index (χ1) is 11.1. The normalized spacial score (nSPS) is 21.6. The molecule has 1 aromatic heterocycles. The van der Waals surface area contributed by atoms with Gasteiger partial charge in [0.25, 0.3) is 11.8 Å². The predicted molar refractivity (Wildman–Crippen MR) is 78.7 cm³/mol. The number of rotatable bonds is 4. The summed E-state index contributed by atoms with van der Waals surface area (Å²) < 4.78 is 10.1. The molecule has 4 amide bonds. The van der Waals surface area contributed by atoms with E-state index in [-0.39, 0.29) is 36.7 Å². The highest BCUT2D eigenvalue weighted by Gasteiger charge is 2.46. The first kappa shape index (κ1) is 15.5. The molecular weight excluding hydrogens is 302 g/mol. The Labute approximate surface area is 133 Å². The Kier molecular flexibility index (Phi) is 4.33. The predicted octanol–water partition coefficient (Wildman–Crippen LogP) is 0.405. The van der Waals surface area contributed by atoms with E-state index in [0.717, 1.165) is 0 Å². The Morgan fingerprint density at radius 3 is 2.91 bits per heavy atom. The van der Waals surface area contributed by atoms with Gasteiger partial charge in [-0.1, -0.05) is 0 Å². The molecule has 124 valence electrons. The maximum absolute atomic E-state index is 12.5. The average molecular weight is 321 g/mol. The molecule has 1 atom stereocenters. The van der Waals surface area contributed by atoms with Crippen LogP contribution in [0, 0.1) is 0 Å². The molecule has 23 heavy (non-hydrogen) atoms. The van der Waals surface area contributed by atoms with E-state index in [2.05, 4.69) is 0 Å². The number of imide groups is 1. The van der Waals surface area contributed by atoms with Crippen molar-refractivity contribution in [1.29, 1.82) is 0 Å². The number of hydrogen-bond donors (Lipinski definition) is 0. The van der Waals surface area contributed by atoms with Crippen LogP contribution in [0.2, 0.25) is 0 Å². The van der Waals surface area contributed by atoms with Crippen molar-refractivity contribution in [2.75, 3.05) is 39.9 Å². The van der Waals surface area contributed by atoms with Crippen molar-refractivity contribution >= 4 is 17.8 Å². The maximum atomic E-state index is 12.5. The van der Waals surface area contributed by atoms with E-state index >= 15 is 0 Å². The lowest BCUT2D eigenvalue weighted by molar-refractivity contribution is -0.128. The van der Waals surface area contributed by atoms with E-state index in [1.54, 1.807) is 21.9 Å². The van der Waals surface area contributed by atoms with Gasteiger partial charge < -0.3 is 19.0 Å². The Balaban J connectivity index is 1.76. The van der Waals surface area contributed by atoms with Crippen molar-refractivity contribution < 1.29 is 23.5 Å². The molecule has 0 aromatic carbocycles. The molecule has 0 bridgehead atoms. The van der Waals surface area contributed by atoms with Gasteiger partial charge >= 0.3 is 6.03 Å². The van der Waals surface area contributed by atoms with Crippen molar-refractivity contribution in [3.8, 4) is 0 Å². The molecule has 2 fully saturated rings. The number of fused-ring (bicyclic) bond motifs is 1. The summed E-state index contributed by atoms with van der Waals surface area (Å²) in [6, 6.07) is 2.32. The summed E-state index contributed by atoms with van der Waals surface area (Å²) in [5.74, 6) is -0.287. The Morgan fingerprint density at radius 1 is 1.39 bits per heavy atom. The number of amides is 4. The third kappa shape index (κ3) is 2.81. The van der Waals surface area contributed by atoms with Crippen LogP contribution in [-0.4, -0.2) is 78.5 Å². The van der Waals surface area contributed by atoms with E-state index in [0.29, 0.717) is 26.1 Å². The van der Waals surface area contributed by atoms with Crippen LogP contribution in [-0.2, 0) is 9.53 Å². The molecule has 2 aliphatic heterocycles. The molecule has 2 aliphatic rings. The van der Waals surface area contributed by atoms with Gasteiger partial charge in [-0.15, -0.1) is 0 Å². The molecule has 8 heteroatoms. The van der Waals surface area contributed by atoms with E-state index < -0.39 is 6.04 Å². The van der Waals surface area contributed by atoms with Crippen molar-refractivity contribution in [3.05, 3.63) is 24.2 Å². The molecule has 1 aromatic rings. The first-order valence-electron chi connectivity index (χ1n) is 7.57. The van der Waals surface area contributed by atoms with Crippen LogP contribution in [0.3, 0.4) is 0 Å². The van der Waals surface area contributed by atoms with Gasteiger partial charge in [0.15, 0.2) is 5.76 Å². The number of ether oxygens (including phenoxy) is 1. The molecule has 0 saturated carbocycles. The van der Waals surface area contributed by atoms with Crippen molar-refractivity contribution in [3.63, 3.8) is 0 Å². The highest BCUT2D eigenvalue weighted by Crippen LogP contribution is 2.22. The first-order valence-corrected chi connectivity index (χ1v) is 7.57. The van der Waals surface area contributed by atoms with Gasteiger partial charge in [0.05, 0.1) is 26.0 Å². The lowest BCUT2D eigenvalue weighted by Crippen LogP contribution is -2.43. The van der Waals surface area contributed by atoms with E-state index in [4.69, 9.17) is 9.15 Å². The minimum atomic E-state index is -0.624. The molecule has 2 saturated heterocycles. The minimum absolute atomic E-state index is 0.188. The molecule has 0 N–H and O–H groups in total. The average Bonchev–Trinajstić information content (AvgIpc) is 3.07. The summed E-state index contributed by atoms with van der Waals surface area (Å²) >= 11 is 0. The zero-order valence-corrected chi connectivity index (χ0v) is 12.9. The van der Waals surface area contributed by atoms with E-state index in [1.807, 2.05) is 0 Å². The number of nitrogens with zero attached hydrogens (tertiary/aromatic N) is 3. The fourth-order valence-electron chi connectivity index (χ4n) is 2.98. The van der Waals surface area contributed by atoms with Crippen LogP contribution in [0.5, 0.6) is 0 Å². The van der Waals surface area contributed by atoms with Crippen LogP contribution in [0.1, 0.15) is 17.0 Å². The molecule has 3 rings (SSSR count). The number of furan rings is 1. The van der Waals surface area contributed by atoms with Gasteiger partial charge in [-0.2, -0.15) is 0 Å². The quantitative estimate of drug-likeness (QED) is 0.750. The highest BCUT2D eigenvalue weighted by molar-refractivity contribution is 6.04. The number of carbonyl (C=O) groups excluding carboxylic acids is 3. The second-order valence-corrected chi connectivity index (χ2v) is 5.56. The van der Waals surface area contributed by atoms with Crippen molar-refractivity contribution in [1.82, 2.24) is 14.7 Å². The lowest BCUT2D eigenvalue weighted by Gasteiger charge is -2.22. The van der Waals surface area contributed by atoms with E-state index in [1.165, 1.54) is 18.3 Å². The van der Waals surface area contributed by atoms with Gasteiger partial charge in [0.2, 0.25) is 0 Å².